The zero-order chi connectivity index (χ0) is 13.1. The number of methoxy groups -OCH3 is 1. The Hall–Kier alpha value is -2.50. The molecule has 0 radical (unpaired) electrons. The molecule has 0 saturated carbocycles. The Morgan fingerprint density at radius 3 is 2.78 bits per heavy atom. The van der Waals surface area contributed by atoms with Crippen LogP contribution in [0.1, 0.15) is 5.56 Å². The quantitative estimate of drug-likeness (QED) is 0.818. The van der Waals surface area contributed by atoms with E-state index in [9.17, 15) is 14.7 Å². The van der Waals surface area contributed by atoms with E-state index in [1.807, 2.05) is 0 Å². The lowest BCUT2D eigenvalue weighted by Crippen LogP contribution is -2.29. The first-order chi connectivity index (χ1) is 8.60. The molecule has 18 heavy (non-hydrogen) atoms. The molecule has 0 saturated heterocycles. The van der Waals surface area contributed by atoms with Gasteiger partial charge in [-0.05, 0) is 17.7 Å². The zero-order valence-electron chi connectivity index (χ0n) is 9.71. The van der Waals surface area contributed by atoms with Gasteiger partial charge in [-0.25, -0.2) is 4.79 Å². The number of aromatic hydroxyl groups is 1. The van der Waals surface area contributed by atoms with Gasteiger partial charge in [-0.15, -0.1) is 0 Å². The molecule has 2 aromatic rings. The highest BCUT2D eigenvalue weighted by Gasteiger charge is 2.05. The number of benzene rings is 1. The highest BCUT2D eigenvalue weighted by molar-refractivity contribution is 5.29. The van der Waals surface area contributed by atoms with E-state index < -0.39 is 11.2 Å². The number of nitrogens with one attached hydrogen (secondary N) is 1. The predicted molar refractivity (Wildman–Crippen MR) is 65.1 cm³/mol. The van der Waals surface area contributed by atoms with Crippen molar-refractivity contribution >= 4 is 0 Å². The Bertz CT molecular complexity index is 672. The lowest BCUT2D eigenvalue weighted by molar-refractivity contribution is 0.406. The second-order valence-corrected chi connectivity index (χ2v) is 3.73. The minimum Gasteiger partial charge on any atom is -0.497 e. The first kappa shape index (κ1) is 12.0. The minimum absolute atomic E-state index is 0.151. The summed E-state index contributed by atoms with van der Waals surface area (Å²) in [4.78, 5) is 24.6. The molecule has 0 aliphatic heterocycles. The standard InChI is InChI=1S/C12H12N2O4/c1-18-9-4-2-3-8(5-9)7-14-11(16)6-10(15)13-12(14)17/h2-6,16H,7H2,1H3,(H,13,15,17). The minimum atomic E-state index is -0.650. The average molecular weight is 248 g/mol. The molecule has 6 heteroatoms. The largest absolute Gasteiger partial charge is 0.497 e. The van der Waals surface area contributed by atoms with Crippen molar-refractivity contribution in [3.8, 4) is 11.6 Å². The van der Waals surface area contributed by atoms with E-state index in [0.29, 0.717) is 5.75 Å². The second-order valence-electron chi connectivity index (χ2n) is 3.73. The number of H-pyrrole nitrogens is 1. The van der Waals surface area contributed by atoms with E-state index in [1.165, 1.54) is 0 Å². The van der Waals surface area contributed by atoms with Gasteiger partial charge < -0.3 is 9.84 Å². The van der Waals surface area contributed by atoms with Crippen molar-refractivity contribution in [2.24, 2.45) is 0 Å². The average Bonchev–Trinajstić information content (AvgIpc) is 2.34. The molecule has 0 aliphatic rings. The molecule has 0 fully saturated rings. The van der Waals surface area contributed by atoms with Crippen LogP contribution in [0.3, 0.4) is 0 Å². The predicted octanol–water partition coefficient (Wildman–Crippen LogP) is 0.299. The van der Waals surface area contributed by atoms with Crippen LogP contribution in [-0.2, 0) is 6.54 Å². The summed E-state index contributed by atoms with van der Waals surface area (Å²) in [6.07, 6.45) is 0. The summed E-state index contributed by atoms with van der Waals surface area (Å²) < 4.78 is 6.13. The van der Waals surface area contributed by atoms with Crippen LogP contribution in [0.25, 0.3) is 0 Å². The van der Waals surface area contributed by atoms with Crippen molar-refractivity contribution in [2.75, 3.05) is 7.11 Å². The number of rotatable bonds is 3. The fourth-order valence-corrected chi connectivity index (χ4v) is 1.61. The van der Waals surface area contributed by atoms with Crippen molar-refractivity contribution in [3.63, 3.8) is 0 Å². The highest BCUT2D eigenvalue weighted by atomic mass is 16.5. The number of aromatic nitrogens is 2. The number of hydrogen-bond acceptors (Lipinski definition) is 4. The third-order valence-electron chi connectivity index (χ3n) is 2.49. The normalized spacial score (nSPS) is 10.3. The molecule has 0 bridgehead atoms. The Morgan fingerprint density at radius 1 is 1.33 bits per heavy atom. The molecule has 0 aliphatic carbocycles. The van der Waals surface area contributed by atoms with Gasteiger partial charge in [0.25, 0.3) is 5.56 Å². The summed E-state index contributed by atoms with van der Waals surface area (Å²) in [6, 6.07) is 8.05. The van der Waals surface area contributed by atoms with Crippen LogP contribution in [0, 0.1) is 0 Å². The highest BCUT2D eigenvalue weighted by Crippen LogP contribution is 2.14. The first-order valence-corrected chi connectivity index (χ1v) is 5.26. The van der Waals surface area contributed by atoms with E-state index in [4.69, 9.17) is 4.74 Å². The molecule has 6 nitrogen and oxygen atoms in total. The molecule has 2 rings (SSSR count). The van der Waals surface area contributed by atoms with Gasteiger partial charge in [0.2, 0.25) is 5.88 Å². The van der Waals surface area contributed by atoms with Crippen LogP contribution in [0.15, 0.2) is 39.9 Å². The maximum atomic E-state index is 11.5. The fourth-order valence-electron chi connectivity index (χ4n) is 1.61. The van der Waals surface area contributed by atoms with Crippen LogP contribution in [-0.4, -0.2) is 21.8 Å². The van der Waals surface area contributed by atoms with Crippen LogP contribution in [0.4, 0.5) is 0 Å². The molecule has 0 unspecified atom stereocenters. The molecule has 2 N–H and O–H groups in total. The molecule has 0 spiro atoms. The van der Waals surface area contributed by atoms with Gasteiger partial charge >= 0.3 is 5.69 Å². The van der Waals surface area contributed by atoms with E-state index in [1.54, 1.807) is 31.4 Å². The van der Waals surface area contributed by atoms with Crippen molar-refractivity contribution in [2.45, 2.75) is 6.54 Å². The topological polar surface area (TPSA) is 84.3 Å². The number of hydrogen-bond donors (Lipinski definition) is 2. The third-order valence-corrected chi connectivity index (χ3v) is 2.49. The lowest BCUT2D eigenvalue weighted by atomic mass is 10.2. The van der Waals surface area contributed by atoms with Crippen molar-refractivity contribution < 1.29 is 9.84 Å². The summed E-state index contributed by atoms with van der Waals surface area (Å²) in [7, 11) is 1.54. The van der Waals surface area contributed by atoms with Crippen LogP contribution in [0.2, 0.25) is 0 Å². The van der Waals surface area contributed by atoms with Crippen molar-refractivity contribution in [1.82, 2.24) is 9.55 Å². The Kier molecular flexibility index (Phi) is 3.18. The maximum absolute atomic E-state index is 11.5. The first-order valence-electron chi connectivity index (χ1n) is 5.26. The molecule has 0 atom stereocenters. The molecular formula is C12H12N2O4. The van der Waals surface area contributed by atoms with Crippen molar-refractivity contribution in [3.05, 3.63) is 56.7 Å². The Morgan fingerprint density at radius 2 is 2.11 bits per heavy atom. The van der Waals surface area contributed by atoms with E-state index >= 15 is 0 Å². The van der Waals surface area contributed by atoms with Gasteiger partial charge in [-0.3, -0.25) is 14.3 Å². The zero-order valence-corrected chi connectivity index (χ0v) is 9.71. The monoisotopic (exact) mass is 248 g/mol. The molecule has 94 valence electrons. The number of ether oxygens (including phenoxy) is 1. The Labute approximate surface area is 102 Å². The van der Waals surface area contributed by atoms with Gasteiger partial charge in [-0.2, -0.15) is 0 Å². The van der Waals surface area contributed by atoms with Gasteiger partial charge in [0, 0.05) is 0 Å². The third kappa shape index (κ3) is 2.42. The number of aromatic amines is 1. The molecule has 1 heterocycles. The summed E-state index contributed by atoms with van der Waals surface area (Å²) in [5.74, 6) is 0.288. The lowest BCUT2D eigenvalue weighted by Gasteiger charge is -2.08. The van der Waals surface area contributed by atoms with Gasteiger partial charge in [0.15, 0.2) is 0 Å². The van der Waals surface area contributed by atoms with Gasteiger partial charge in [0.1, 0.15) is 5.75 Å². The Balaban J connectivity index is 2.40. The molecular weight excluding hydrogens is 236 g/mol. The van der Waals surface area contributed by atoms with Crippen LogP contribution in [0.5, 0.6) is 11.6 Å². The van der Waals surface area contributed by atoms with Crippen molar-refractivity contribution in [1.29, 1.82) is 0 Å². The summed E-state index contributed by atoms with van der Waals surface area (Å²) in [5.41, 5.74) is -0.499. The maximum Gasteiger partial charge on any atom is 0.331 e. The van der Waals surface area contributed by atoms with Crippen LogP contribution < -0.4 is 16.0 Å². The SMILES string of the molecule is COc1cccc(Cn2c(O)cc(=O)[nH]c2=O)c1. The van der Waals surface area contributed by atoms with E-state index in [0.717, 1.165) is 16.2 Å². The number of nitrogens with zero attached hydrogens (tertiary/aromatic N) is 1. The van der Waals surface area contributed by atoms with Crippen LogP contribution >= 0.6 is 0 Å². The molecule has 0 amide bonds. The van der Waals surface area contributed by atoms with E-state index in [2.05, 4.69) is 4.98 Å². The summed E-state index contributed by atoms with van der Waals surface area (Å²) in [5, 5.41) is 9.57. The summed E-state index contributed by atoms with van der Waals surface area (Å²) >= 11 is 0. The van der Waals surface area contributed by atoms with E-state index in [-0.39, 0.29) is 12.4 Å². The smallest absolute Gasteiger partial charge is 0.331 e. The fraction of sp³-hybridized carbons (Fsp3) is 0.167. The molecule has 1 aromatic heterocycles. The van der Waals surface area contributed by atoms with Gasteiger partial charge in [-0.1, -0.05) is 12.1 Å². The summed E-state index contributed by atoms with van der Waals surface area (Å²) in [6.45, 7) is 0.151. The second kappa shape index (κ2) is 4.79. The van der Waals surface area contributed by atoms with Gasteiger partial charge in [0.05, 0.1) is 19.7 Å². The molecule has 1 aromatic carbocycles.